The number of carbonyl (C=O) groups excluding carboxylic acids is 1. The molecule has 2 aromatic carbocycles. The average molecular weight is 617 g/mol. The standard InChI is InChI=1S/C32H31F3N8O2/c1-20-6-9-24(45-31-26-19-42(3)40-29(26)38-28(39-31)21-5-4-10-36-17-21)16-25(20)30(44)37-23-8-7-22(27(15-23)32(33,34)35)18-43-13-11-41(2)12-14-43/h4-10,15-17,19H,11-14,18H2,1-3H3,(H,37,44). The number of carbonyl (C=O) groups is 1. The van der Waals surface area contributed by atoms with Crippen LogP contribution in [-0.2, 0) is 19.8 Å². The van der Waals surface area contributed by atoms with Gasteiger partial charge in [-0.3, -0.25) is 19.4 Å². The second-order valence-electron chi connectivity index (χ2n) is 11.1. The van der Waals surface area contributed by atoms with Crippen molar-refractivity contribution in [1.82, 2.24) is 34.5 Å². The normalized spacial score (nSPS) is 14.5. The zero-order chi connectivity index (χ0) is 31.7. The van der Waals surface area contributed by atoms with E-state index < -0.39 is 17.6 Å². The second kappa shape index (κ2) is 12.3. The van der Waals surface area contributed by atoms with Crippen molar-refractivity contribution in [3.63, 3.8) is 0 Å². The van der Waals surface area contributed by atoms with Gasteiger partial charge < -0.3 is 15.0 Å². The molecule has 0 spiro atoms. The number of pyridine rings is 1. The van der Waals surface area contributed by atoms with Crippen molar-refractivity contribution in [2.45, 2.75) is 19.6 Å². The Morgan fingerprint density at radius 2 is 1.82 bits per heavy atom. The van der Waals surface area contributed by atoms with Crippen molar-refractivity contribution >= 4 is 22.6 Å². The number of anilines is 1. The highest BCUT2D eigenvalue weighted by Gasteiger charge is 2.34. The predicted octanol–water partition coefficient (Wildman–Crippen LogP) is 5.54. The first-order chi connectivity index (χ1) is 21.5. The van der Waals surface area contributed by atoms with Crippen molar-refractivity contribution in [1.29, 1.82) is 0 Å². The maximum absolute atomic E-state index is 14.1. The number of nitrogens with one attached hydrogen (secondary N) is 1. The van der Waals surface area contributed by atoms with Gasteiger partial charge in [-0.15, -0.1) is 0 Å². The molecule has 5 aromatic rings. The lowest BCUT2D eigenvalue weighted by Gasteiger charge is -2.33. The molecule has 1 amide bonds. The van der Waals surface area contributed by atoms with E-state index >= 15 is 0 Å². The van der Waals surface area contributed by atoms with Gasteiger partial charge in [-0.2, -0.15) is 23.3 Å². The number of hydrogen-bond acceptors (Lipinski definition) is 8. The zero-order valence-corrected chi connectivity index (χ0v) is 25.0. The van der Waals surface area contributed by atoms with Crippen LogP contribution in [0.25, 0.3) is 22.4 Å². The number of benzene rings is 2. The molecule has 0 radical (unpaired) electrons. The van der Waals surface area contributed by atoms with Crippen LogP contribution in [0, 0.1) is 6.92 Å². The fourth-order valence-corrected chi connectivity index (χ4v) is 5.22. The number of nitrogens with zero attached hydrogens (tertiary/aromatic N) is 7. The van der Waals surface area contributed by atoms with Crippen LogP contribution < -0.4 is 10.1 Å². The highest BCUT2D eigenvalue weighted by molar-refractivity contribution is 6.05. The molecule has 0 unspecified atom stereocenters. The highest BCUT2D eigenvalue weighted by atomic mass is 19.4. The highest BCUT2D eigenvalue weighted by Crippen LogP contribution is 2.35. The molecule has 1 N–H and O–H groups in total. The summed E-state index contributed by atoms with van der Waals surface area (Å²) in [7, 11) is 3.75. The lowest BCUT2D eigenvalue weighted by atomic mass is 10.0. The van der Waals surface area contributed by atoms with Gasteiger partial charge >= 0.3 is 6.18 Å². The van der Waals surface area contributed by atoms with Crippen molar-refractivity contribution in [2.24, 2.45) is 7.05 Å². The van der Waals surface area contributed by atoms with E-state index in [1.165, 1.54) is 18.2 Å². The summed E-state index contributed by atoms with van der Waals surface area (Å²) in [6.07, 6.45) is 0.429. The molecule has 10 nitrogen and oxygen atoms in total. The Morgan fingerprint density at radius 1 is 1.02 bits per heavy atom. The number of aromatic nitrogens is 5. The second-order valence-corrected chi connectivity index (χ2v) is 11.1. The fraction of sp³-hybridized carbons (Fsp3) is 0.281. The minimum Gasteiger partial charge on any atom is -0.438 e. The minimum absolute atomic E-state index is 0.0501. The smallest absolute Gasteiger partial charge is 0.416 e. The Balaban J connectivity index is 1.25. The van der Waals surface area contributed by atoms with Gasteiger partial charge in [-0.05, 0) is 61.5 Å². The molecule has 1 aliphatic heterocycles. The van der Waals surface area contributed by atoms with Gasteiger partial charge in [0.1, 0.15) is 11.1 Å². The number of alkyl halides is 3. The van der Waals surface area contributed by atoms with Crippen LogP contribution in [-0.4, -0.2) is 73.7 Å². The molecule has 232 valence electrons. The summed E-state index contributed by atoms with van der Waals surface area (Å²) in [6.45, 7) is 4.90. The van der Waals surface area contributed by atoms with Crippen LogP contribution >= 0.6 is 0 Å². The summed E-state index contributed by atoms with van der Waals surface area (Å²) >= 11 is 0. The topological polar surface area (TPSA) is 101 Å². The first-order valence-electron chi connectivity index (χ1n) is 14.4. The molecule has 4 heterocycles. The summed E-state index contributed by atoms with van der Waals surface area (Å²) in [6, 6.07) is 12.5. The fourth-order valence-electron chi connectivity index (χ4n) is 5.22. The minimum atomic E-state index is -4.57. The van der Waals surface area contributed by atoms with Gasteiger partial charge in [0.25, 0.3) is 5.91 Å². The number of likely N-dealkylation sites (N-methyl/N-ethyl adjacent to an activating group) is 1. The van der Waals surface area contributed by atoms with E-state index in [4.69, 9.17) is 4.74 Å². The van der Waals surface area contributed by atoms with Gasteiger partial charge in [0.15, 0.2) is 11.5 Å². The third-order valence-electron chi connectivity index (χ3n) is 7.71. The van der Waals surface area contributed by atoms with E-state index in [2.05, 4.69) is 30.3 Å². The number of ether oxygens (including phenoxy) is 1. The van der Waals surface area contributed by atoms with Gasteiger partial charge in [-0.25, -0.2) is 4.98 Å². The number of halogens is 3. The summed E-state index contributed by atoms with van der Waals surface area (Å²) in [4.78, 5) is 30.8. The molecule has 3 aromatic heterocycles. The number of aryl methyl sites for hydroxylation is 2. The van der Waals surface area contributed by atoms with Crippen LogP contribution in [0.5, 0.6) is 11.6 Å². The lowest BCUT2D eigenvalue weighted by molar-refractivity contribution is -0.138. The number of hydrogen-bond donors (Lipinski definition) is 1. The SMILES string of the molecule is Cc1ccc(Oc2nc(-c3cccnc3)nc3nn(C)cc23)cc1C(=O)Nc1ccc(CN2CCN(C)CC2)c(C(F)(F)F)c1. The molecular weight excluding hydrogens is 585 g/mol. The Hall–Kier alpha value is -4.88. The predicted molar refractivity (Wildman–Crippen MR) is 163 cm³/mol. The van der Waals surface area contributed by atoms with Gasteiger partial charge in [0, 0.05) is 75.2 Å². The summed E-state index contributed by atoms with van der Waals surface area (Å²) in [5.74, 6) is 0.340. The van der Waals surface area contributed by atoms with Crippen LogP contribution in [0.15, 0.2) is 67.1 Å². The number of piperazine rings is 1. The van der Waals surface area contributed by atoms with Crippen molar-refractivity contribution in [3.05, 3.63) is 89.4 Å². The Bertz CT molecular complexity index is 1850. The third kappa shape index (κ3) is 6.79. The van der Waals surface area contributed by atoms with Crippen LogP contribution in [0.1, 0.15) is 27.0 Å². The lowest BCUT2D eigenvalue weighted by Crippen LogP contribution is -2.44. The van der Waals surface area contributed by atoms with E-state index in [1.807, 2.05) is 18.0 Å². The first kappa shape index (κ1) is 30.2. The molecular formula is C32H31F3N8O2. The van der Waals surface area contributed by atoms with Gasteiger partial charge in [0.05, 0.1) is 5.56 Å². The molecule has 1 saturated heterocycles. The van der Waals surface area contributed by atoms with E-state index in [9.17, 15) is 18.0 Å². The Labute approximate surface area is 257 Å². The first-order valence-corrected chi connectivity index (χ1v) is 14.4. The summed E-state index contributed by atoms with van der Waals surface area (Å²) in [5, 5.41) is 7.60. The zero-order valence-electron chi connectivity index (χ0n) is 25.0. The van der Waals surface area contributed by atoms with Crippen molar-refractivity contribution in [2.75, 3.05) is 38.5 Å². The van der Waals surface area contributed by atoms with Crippen LogP contribution in [0.3, 0.4) is 0 Å². The van der Waals surface area contributed by atoms with Crippen LogP contribution in [0.4, 0.5) is 18.9 Å². The molecule has 1 aliphatic rings. The van der Waals surface area contributed by atoms with Crippen LogP contribution in [0.2, 0.25) is 0 Å². The Kier molecular flexibility index (Phi) is 8.21. The van der Waals surface area contributed by atoms with E-state index in [-0.39, 0.29) is 29.2 Å². The number of fused-ring (bicyclic) bond motifs is 1. The molecule has 45 heavy (non-hydrogen) atoms. The number of amides is 1. The molecule has 13 heteroatoms. The van der Waals surface area contributed by atoms with Gasteiger partial charge in [-0.1, -0.05) is 12.1 Å². The quantitative estimate of drug-likeness (QED) is 0.254. The maximum Gasteiger partial charge on any atom is 0.416 e. The van der Waals surface area contributed by atoms with E-state index in [0.29, 0.717) is 46.8 Å². The molecule has 6 rings (SSSR count). The summed E-state index contributed by atoms with van der Waals surface area (Å²) in [5.41, 5.74) is 1.42. The molecule has 0 bridgehead atoms. The summed E-state index contributed by atoms with van der Waals surface area (Å²) < 4.78 is 50.1. The third-order valence-corrected chi connectivity index (χ3v) is 7.71. The molecule has 0 aliphatic carbocycles. The van der Waals surface area contributed by atoms with E-state index in [0.717, 1.165) is 19.2 Å². The Morgan fingerprint density at radius 3 is 2.56 bits per heavy atom. The molecule has 0 atom stereocenters. The monoisotopic (exact) mass is 616 g/mol. The molecule has 0 saturated carbocycles. The van der Waals surface area contributed by atoms with Gasteiger partial charge in [0.2, 0.25) is 5.88 Å². The van der Waals surface area contributed by atoms with Crippen molar-refractivity contribution < 1.29 is 22.7 Å². The molecule has 1 fully saturated rings. The van der Waals surface area contributed by atoms with E-state index in [1.54, 1.807) is 55.4 Å². The largest absolute Gasteiger partial charge is 0.438 e. The number of rotatable bonds is 7. The van der Waals surface area contributed by atoms with Crippen molar-refractivity contribution in [3.8, 4) is 23.0 Å². The average Bonchev–Trinajstić information content (AvgIpc) is 3.40. The maximum atomic E-state index is 14.1.